The molecule has 8 nitrogen and oxygen atoms in total. The Labute approximate surface area is 172 Å². The predicted octanol–water partition coefficient (Wildman–Crippen LogP) is 1.25. The molecule has 1 aromatic heterocycles. The fourth-order valence-corrected chi connectivity index (χ4v) is 5.27. The van der Waals surface area contributed by atoms with Crippen LogP contribution in [0.2, 0.25) is 0 Å². The van der Waals surface area contributed by atoms with Gasteiger partial charge in [-0.1, -0.05) is 25.7 Å². The summed E-state index contributed by atoms with van der Waals surface area (Å²) in [5, 5.41) is 16.9. The van der Waals surface area contributed by atoms with Crippen molar-refractivity contribution in [2.24, 2.45) is 0 Å². The molecule has 2 N–H and O–H groups in total. The number of aliphatic hydroxyl groups excluding tert-OH is 1. The zero-order valence-electron chi connectivity index (χ0n) is 17.4. The molecule has 2 fully saturated rings. The molecule has 2 amide bonds. The molecule has 29 heavy (non-hydrogen) atoms. The Balaban J connectivity index is 1.52. The average molecular weight is 404 g/mol. The first kappa shape index (κ1) is 20.3. The van der Waals surface area contributed by atoms with E-state index in [4.69, 9.17) is 0 Å². The Morgan fingerprint density at radius 1 is 1.24 bits per heavy atom. The van der Waals surface area contributed by atoms with Crippen molar-refractivity contribution in [1.29, 1.82) is 0 Å². The number of likely N-dealkylation sites (N-methyl/N-ethyl adjacent to an activating group) is 1. The summed E-state index contributed by atoms with van der Waals surface area (Å²) in [5.74, 6) is -0.456. The Morgan fingerprint density at radius 3 is 2.66 bits per heavy atom. The number of carbonyl (C=O) groups is 2. The van der Waals surface area contributed by atoms with E-state index in [0.29, 0.717) is 12.2 Å². The van der Waals surface area contributed by atoms with Gasteiger partial charge in [0.2, 0.25) is 0 Å². The third-order valence-electron chi connectivity index (χ3n) is 6.80. The highest BCUT2D eigenvalue weighted by molar-refractivity contribution is 5.98. The van der Waals surface area contributed by atoms with Crippen molar-refractivity contribution in [3.8, 4) is 0 Å². The number of hydrogen-bond acceptors (Lipinski definition) is 5. The summed E-state index contributed by atoms with van der Waals surface area (Å²) in [4.78, 5) is 29.8. The van der Waals surface area contributed by atoms with Gasteiger partial charge in [0.25, 0.3) is 11.8 Å². The molecule has 160 valence electrons. The van der Waals surface area contributed by atoms with Crippen LogP contribution in [0, 0.1) is 0 Å². The average Bonchev–Trinajstić information content (AvgIpc) is 3.11. The number of carbonyl (C=O) groups excluding carboxylic acids is 2. The Hall–Kier alpha value is -1.93. The van der Waals surface area contributed by atoms with Gasteiger partial charge in [-0.15, -0.1) is 0 Å². The van der Waals surface area contributed by atoms with Gasteiger partial charge in [-0.2, -0.15) is 5.10 Å². The first-order valence-corrected chi connectivity index (χ1v) is 11.0. The van der Waals surface area contributed by atoms with Gasteiger partial charge in [-0.25, -0.2) is 0 Å². The van der Waals surface area contributed by atoms with E-state index in [1.165, 1.54) is 43.2 Å². The first-order chi connectivity index (χ1) is 14.0. The molecule has 0 radical (unpaired) electrons. The number of hydrogen-bond donors (Lipinski definition) is 2. The van der Waals surface area contributed by atoms with E-state index in [0.717, 1.165) is 25.9 Å². The van der Waals surface area contributed by atoms with Crippen LogP contribution < -0.4 is 5.32 Å². The van der Waals surface area contributed by atoms with Crippen LogP contribution in [0.1, 0.15) is 72.3 Å². The van der Waals surface area contributed by atoms with Crippen LogP contribution in [-0.2, 0) is 6.54 Å². The summed E-state index contributed by atoms with van der Waals surface area (Å²) in [5.41, 5.74) is 0.672. The van der Waals surface area contributed by atoms with E-state index in [2.05, 4.69) is 15.3 Å². The number of nitrogens with one attached hydrogen (secondary N) is 1. The third-order valence-corrected chi connectivity index (χ3v) is 6.80. The van der Waals surface area contributed by atoms with Gasteiger partial charge in [0.1, 0.15) is 5.69 Å². The van der Waals surface area contributed by atoms with Crippen molar-refractivity contribution >= 4 is 11.8 Å². The largest absolute Gasteiger partial charge is 0.389 e. The summed E-state index contributed by atoms with van der Waals surface area (Å²) >= 11 is 0. The quantitative estimate of drug-likeness (QED) is 0.790. The molecular formula is C21H33N5O3. The molecular weight excluding hydrogens is 370 g/mol. The number of amides is 2. The van der Waals surface area contributed by atoms with Crippen LogP contribution in [0.5, 0.6) is 0 Å². The van der Waals surface area contributed by atoms with Gasteiger partial charge in [0.15, 0.2) is 5.69 Å². The lowest BCUT2D eigenvalue weighted by atomic mass is 9.78. The van der Waals surface area contributed by atoms with Crippen LogP contribution in [0.3, 0.4) is 0 Å². The smallest absolute Gasteiger partial charge is 0.274 e. The lowest BCUT2D eigenvalue weighted by molar-refractivity contribution is 0.00971. The summed E-state index contributed by atoms with van der Waals surface area (Å²) in [6.07, 6.45) is 9.07. The molecule has 1 saturated heterocycles. The fraction of sp³-hybridized carbons (Fsp3) is 0.762. The number of rotatable bonds is 4. The maximum Gasteiger partial charge on any atom is 0.274 e. The standard InChI is InChI=1S/C21H33N5O3/c1-24(15-21(8-4-2-5-9-21)25-10-6-3-7-11-25)20(29)17-12-18-19(28)22-13-16(27)14-26(18)23-17/h12,16,27H,2-11,13-15H2,1H3,(H,22,28)/t16-/m0/s1. The van der Waals surface area contributed by atoms with E-state index in [9.17, 15) is 14.7 Å². The molecule has 1 atom stereocenters. The molecule has 0 aromatic carbocycles. The summed E-state index contributed by atoms with van der Waals surface area (Å²) < 4.78 is 1.45. The first-order valence-electron chi connectivity index (χ1n) is 11.0. The Bertz CT molecular complexity index is 749. The SMILES string of the molecule is CN(CC1(N2CCCCC2)CCCCC1)C(=O)c1cc2n(n1)C[C@@H](O)CNC2=O. The zero-order valence-corrected chi connectivity index (χ0v) is 17.4. The van der Waals surface area contributed by atoms with Crippen molar-refractivity contribution in [2.45, 2.75) is 69.6 Å². The predicted molar refractivity (Wildman–Crippen MR) is 109 cm³/mol. The molecule has 0 spiro atoms. The van der Waals surface area contributed by atoms with E-state index >= 15 is 0 Å². The van der Waals surface area contributed by atoms with Gasteiger partial charge in [0.05, 0.1) is 12.6 Å². The molecule has 2 aliphatic heterocycles. The van der Waals surface area contributed by atoms with Crippen molar-refractivity contribution in [1.82, 2.24) is 24.9 Å². The van der Waals surface area contributed by atoms with Gasteiger partial charge in [-0.3, -0.25) is 19.2 Å². The minimum Gasteiger partial charge on any atom is -0.389 e. The number of nitrogens with zero attached hydrogens (tertiary/aromatic N) is 4. The number of likely N-dealkylation sites (tertiary alicyclic amines) is 1. The van der Waals surface area contributed by atoms with Gasteiger partial charge >= 0.3 is 0 Å². The Morgan fingerprint density at radius 2 is 1.93 bits per heavy atom. The highest BCUT2D eigenvalue weighted by atomic mass is 16.3. The lowest BCUT2D eigenvalue weighted by Crippen LogP contribution is -2.58. The number of fused-ring (bicyclic) bond motifs is 1. The molecule has 8 heteroatoms. The molecule has 1 aliphatic carbocycles. The van der Waals surface area contributed by atoms with Gasteiger partial charge in [0, 0.05) is 31.7 Å². The van der Waals surface area contributed by atoms with Crippen molar-refractivity contribution in [3.63, 3.8) is 0 Å². The second-order valence-corrected chi connectivity index (χ2v) is 8.95. The molecule has 1 aromatic rings. The van der Waals surface area contributed by atoms with E-state index in [1.807, 2.05) is 7.05 Å². The number of piperidine rings is 1. The van der Waals surface area contributed by atoms with Crippen LogP contribution in [0.15, 0.2) is 6.07 Å². The van der Waals surface area contributed by atoms with E-state index < -0.39 is 6.10 Å². The third kappa shape index (κ3) is 4.19. The Kier molecular flexibility index (Phi) is 5.92. The van der Waals surface area contributed by atoms with Crippen molar-refractivity contribution in [3.05, 3.63) is 17.5 Å². The van der Waals surface area contributed by atoms with E-state index in [-0.39, 0.29) is 36.1 Å². The lowest BCUT2D eigenvalue weighted by Gasteiger charge is -2.49. The maximum absolute atomic E-state index is 13.2. The molecule has 1 saturated carbocycles. The van der Waals surface area contributed by atoms with Crippen LogP contribution >= 0.6 is 0 Å². The second-order valence-electron chi connectivity index (χ2n) is 8.95. The minimum absolute atomic E-state index is 0.0630. The minimum atomic E-state index is -0.703. The topological polar surface area (TPSA) is 90.7 Å². The molecule has 0 unspecified atom stereocenters. The van der Waals surface area contributed by atoms with E-state index in [1.54, 1.807) is 11.0 Å². The summed E-state index contributed by atoms with van der Waals surface area (Å²) in [6, 6.07) is 1.56. The van der Waals surface area contributed by atoms with Crippen LogP contribution in [0.4, 0.5) is 0 Å². The van der Waals surface area contributed by atoms with Crippen molar-refractivity contribution in [2.75, 3.05) is 33.2 Å². The van der Waals surface area contributed by atoms with Gasteiger partial charge < -0.3 is 15.3 Å². The van der Waals surface area contributed by atoms with Crippen molar-refractivity contribution < 1.29 is 14.7 Å². The highest BCUT2D eigenvalue weighted by Crippen LogP contribution is 2.36. The number of β-amino-alcohol motifs (C(OH)–C–C–N with tert-alkyl or cyclic N) is 1. The fourth-order valence-electron chi connectivity index (χ4n) is 5.27. The monoisotopic (exact) mass is 403 g/mol. The van der Waals surface area contributed by atoms with Crippen LogP contribution in [-0.4, -0.2) is 81.4 Å². The molecule has 0 bridgehead atoms. The molecule has 3 aliphatic rings. The normalized spacial score (nSPS) is 25.0. The summed E-state index contributed by atoms with van der Waals surface area (Å²) in [7, 11) is 1.85. The zero-order chi connectivity index (χ0) is 20.4. The molecule has 3 heterocycles. The maximum atomic E-state index is 13.2. The molecule has 4 rings (SSSR count). The number of aromatic nitrogens is 2. The second kappa shape index (κ2) is 8.44. The van der Waals surface area contributed by atoms with Crippen LogP contribution in [0.25, 0.3) is 0 Å². The highest BCUT2D eigenvalue weighted by Gasteiger charge is 2.40. The number of aliphatic hydroxyl groups is 1. The summed E-state index contributed by atoms with van der Waals surface area (Å²) in [6.45, 7) is 3.35. The van der Waals surface area contributed by atoms with Gasteiger partial charge in [-0.05, 0) is 38.8 Å².